The van der Waals surface area contributed by atoms with Crippen LogP contribution >= 0.6 is 0 Å². The summed E-state index contributed by atoms with van der Waals surface area (Å²) < 4.78 is 0. The number of nitrogens with two attached hydrogens (primary N) is 1. The highest BCUT2D eigenvalue weighted by Crippen LogP contribution is 2.17. The number of nitrogens with one attached hydrogen (secondary N) is 1. The van der Waals surface area contributed by atoms with Crippen LogP contribution in [0.25, 0.3) is 0 Å². The number of rotatable bonds is 3. The molecule has 0 saturated heterocycles. The number of carbonyl (C=O) groups excluding carboxylic acids is 2. The van der Waals surface area contributed by atoms with Crippen LogP contribution in [0.3, 0.4) is 0 Å². The number of aromatic nitrogens is 1. The summed E-state index contributed by atoms with van der Waals surface area (Å²) >= 11 is 0. The molecule has 108 valence electrons. The minimum Gasteiger partial charge on any atom is -0.364 e. The minimum atomic E-state index is -0.673. The molecule has 5 heteroatoms. The van der Waals surface area contributed by atoms with Crippen LogP contribution in [-0.4, -0.2) is 22.8 Å². The van der Waals surface area contributed by atoms with Crippen molar-refractivity contribution in [1.82, 2.24) is 10.3 Å². The number of primary amides is 1. The van der Waals surface area contributed by atoms with Crippen molar-refractivity contribution < 1.29 is 9.59 Å². The molecule has 0 aromatic carbocycles. The zero-order valence-corrected chi connectivity index (χ0v) is 11.6. The number of hydrogen-bond acceptors (Lipinski definition) is 3. The molecule has 20 heavy (non-hydrogen) atoms. The van der Waals surface area contributed by atoms with E-state index in [1.54, 1.807) is 12.1 Å². The second-order valence-electron chi connectivity index (χ2n) is 5.28. The Hall–Kier alpha value is -1.91. The van der Waals surface area contributed by atoms with Gasteiger partial charge in [0.15, 0.2) is 0 Å². The lowest BCUT2D eigenvalue weighted by Gasteiger charge is -2.21. The van der Waals surface area contributed by atoms with Crippen LogP contribution in [0.4, 0.5) is 0 Å². The predicted octanol–water partition coefficient (Wildman–Crippen LogP) is 2.02. The van der Waals surface area contributed by atoms with Gasteiger partial charge in [0.2, 0.25) is 0 Å². The Morgan fingerprint density at radius 2 is 1.80 bits per heavy atom. The Labute approximate surface area is 119 Å². The molecule has 0 atom stereocenters. The topological polar surface area (TPSA) is 85.1 Å². The summed E-state index contributed by atoms with van der Waals surface area (Å²) in [4.78, 5) is 27.5. The van der Waals surface area contributed by atoms with E-state index in [0.29, 0.717) is 0 Å². The summed E-state index contributed by atoms with van der Waals surface area (Å²) in [5.74, 6) is -0.925. The SMILES string of the molecule is NC(=O)c1ncccc1C(=O)NC1CCCCCCC1. The molecule has 1 aromatic heterocycles. The van der Waals surface area contributed by atoms with Crippen molar-refractivity contribution in [3.05, 3.63) is 29.6 Å². The number of pyridine rings is 1. The average Bonchev–Trinajstić information content (AvgIpc) is 2.41. The molecule has 3 N–H and O–H groups in total. The van der Waals surface area contributed by atoms with E-state index in [9.17, 15) is 9.59 Å². The van der Waals surface area contributed by atoms with Crippen LogP contribution in [0, 0.1) is 0 Å². The van der Waals surface area contributed by atoms with Gasteiger partial charge in [-0.15, -0.1) is 0 Å². The fraction of sp³-hybridized carbons (Fsp3) is 0.533. The zero-order chi connectivity index (χ0) is 14.4. The first-order valence-corrected chi connectivity index (χ1v) is 7.24. The molecule has 0 bridgehead atoms. The van der Waals surface area contributed by atoms with Crippen molar-refractivity contribution in [2.24, 2.45) is 5.73 Å². The highest BCUT2D eigenvalue weighted by atomic mass is 16.2. The van der Waals surface area contributed by atoms with Gasteiger partial charge in [-0.2, -0.15) is 0 Å². The molecule has 0 aliphatic heterocycles. The highest BCUT2D eigenvalue weighted by Gasteiger charge is 2.19. The average molecular weight is 275 g/mol. The van der Waals surface area contributed by atoms with E-state index in [2.05, 4.69) is 10.3 Å². The molecule has 0 spiro atoms. The largest absolute Gasteiger partial charge is 0.364 e. The molecular formula is C15H21N3O2. The van der Waals surface area contributed by atoms with Gasteiger partial charge in [0, 0.05) is 12.2 Å². The first kappa shape index (κ1) is 14.5. The van der Waals surface area contributed by atoms with Crippen molar-refractivity contribution in [2.75, 3.05) is 0 Å². The monoisotopic (exact) mass is 275 g/mol. The number of carbonyl (C=O) groups is 2. The summed E-state index contributed by atoms with van der Waals surface area (Å²) in [5.41, 5.74) is 5.55. The third-order valence-electron chi connectivity index (χ3n) is 3.73. The molecule has 0 unspecified atom stereocenters. The number of hydrogen-bond donors (Lipinski definition) is 2. The van der Waals surface area contributed by atoms with Gasteiger partial charge in [-0.1, -0.05) is 32.1 Å². The summed E-state index contributed by atoms with van der Waals surface area (Å²) in [5, 5.41) is 3.01. The molecule has 1 heterocycles. The van der Waals surface area contributed by atoms with E-state index >= 15 is 0 Å². The Balaban J connectivity index is 2.05. The second kappa shape index (κ2) is 7.03. The van der Waals surface area contributed by atoms with Gasteiger partial charge in [-0.05, 0) is 25.0 Å². The fourth-order valence-electron chi connectivity index (χ4n) is 2.65. The molecular weight excluding hydrogens is 254 g/mol. The van der Waals surface area contributed by atoms with Crippen molar-refractivity contribution in [1.29, 1.82) is 0 Å². The first-order chi connectivity index (χ1) is 9.68. The van der Waals surface area contributed by atoms with E-state index in [1.807, 2.05) is 0 Å². The van der Waals surface area contributed by atoms with Crippen LogP contribution in [0.2, 0.25) is 0 Å². The van der Waals surface area contributed by atoms with Gasteiger partial charge in [-0.25, -0.2) is 0 Å². The van der Waals surface area contributed by atoms with Gasteiger partial charge >= 0.3 is 0 Å². The molecule has 1 fully saturated rings. The number of nitrogens with zero attached hydrogens (tertiary/aromatic N) is 1. The van der Waals surface area contributed by atoms with Gasteiger partial charge in [0.1, 0.15) is 5.69 Å². The molecule has 1 aliphatic carbocycles. The van der Waals surface area contributed by atoms with Crippen molar-refractivity contribution in [3.8, 4) is 0 Å². The van der Waals surface area contributed by atoms with Crippen LogP contribution in [0.15, 0.2) is 18.3 Å². The Bertz CT molecular complexity index is 480. The number of amides is 2. The molecule has 2 rings (SSSR count). The van der Waals surface area contributed by atoms with E-state index in [0.717, 1.165) is 25.7 Å². The maximum Gasteiger partial charge on any atom is 0.268 e. The van der Waals surface area contributed by atoms with Crippen LogP contribution in [0.1, 0.15) is 65.8 Å². The maximum absolute atomic E-state index is 12.3. The summed E-state index contributed by atoms with van der Waals surface area (Å²) in [6.45, 7) is 0. The van der Waals surface area contributed by atoms with Gasteiger partial charge in [0.05, 0.1) is 5.56 Å². The van der Waals surface area contributed by atoms with Crippen LogP contribution in [0.5, 0.6) is 0 Å². The first-order valence-electron chi connectivity index (χ1n) is 7.24. The van der Waals surface area contributed by atoms with Crippen molar-refractivity contribution in [3.63, 3.8) is 0 Å². The van der Waals surface area contributed by atoms with Crippen LogP contribution in [-0.2, 0) is 0 Å². The molecule has 1 aromatic rings. The van der Waals surface area contributed by atoms with E-state index in [1.165, 1.54) is 25.5 Å². The summed E-state index contributed by atoms with van der Waals surface area (Å²) in [7, 11) is 0. The predicted molar refractivity (Wildman–Crippen MR) is 76.3 cm³/mol. The third-order valence-corrected chi connectivity index (χ3v) is 3.73. The lowest BCUT2D eigenvalue weighted by atomic mass is 9.96. The Kier molecular flexibility index (Phi) is 5.09. The molecule has 0 radical (unpaired) electrons. The van der Waals surface area contributed by atoms with Crippen molar-refractivity contribution in [2.45, 2.75) is 51.0 Å². The molecule has 1 saturated carbocycles. The van der Waals surface area contributed by atoms with Crippen molar-refractivity contribution >= 4 is 11.8 Å². The van der Waals surface area contributed by atoms with Gasteiger partial charge < -0.3 is 11.1 Å². The quantitative estimate of drug-likeness (QED) is 0.885. The smallest absolute Gasteiger partial charge is 0.268 e. The van der Waals surface area contributed by atoms with Crippen LogP contribution < -0.4 is 11.1 Å². The van der Waals surface area contributed by atoms with E-state index in [4.69, 9.17) is 5.73 Å². The lowest BCUT2D eigenvalue weighted by Crippen LogP contribution is -2.36. The highest BCUT2D eigenvalue weighted by molar-refractivity contribution is 6.05. The van der Waals surface area contributed by atoms with E-state index in [-0.39, 0.29) is 23.2 Å². The second-order valence-corrected chi connectivity index (χ2v) is 5.28. The molecule has 1 aliphatic rings. The van der Waals surface area contributed by atoms with Gasteiger partial charge in [0.25, 0.3) is 11.8 Å². The standard InChI is InChI=1S/C15H21N3O2/c16-14(19)13-12(9-6-10-17-13)15(20)18-11-7-4-2-1-3-5-8-11/h6,9-11H,1-5,7-8H2,(H2,16,19)(H,18,20). The molecule has 5 nitrogen and oxygen atoms in total. The Morgan fingerprint density at radius 1 is 1.15 bits per heavy atom. The van der Waals surface area contributed by atoms with E-state index < -0.39 is 5.91 Å². The lowest BCUT2D eigenvalue weighted by molar-refractivity contribution is 0.0914. The normalized spacial score (nSPS) is 17.0. The fourth-order valence-corrected chi connectivity index (χ4v) is 2.65. The van der Waals surface area contributed by atoms with Gasteiger partial charge in [-0.3, -0.25) is 14.6 Å². The maximum atomic E-state index is 12.3. The molecule has 2 amide bonds. The Morgan fingerprint density at radius 3 is 2.45 bits per heavy atom. The summed E-state index contributed by atoms with van der Waals surface area (Å²) in [6, 6.07) is 3.41. The zero-order valence-electron chi connectivity index (χ0n) is 11.6. The minimum absolute atomic E-state index is 0.0378. The summed E-state index contributed by atoms with van der Waals surface area (Å²) in [6.07, 6.45) is 9.48. The third kappa shape index (κ3) is 3.79.